The lowest BCUT2D eigenvalue weighted by atomic mass is 10.2. The molecule has 0 aliphatic rings. The number of hydrogen-bond acceptors (Lipinski definition) is 2. The molecular formula is C12H15BrN2O2. The molecule has 2 N–H and O–H groups in total. The highest BCUT2D eigenvalue weighted by atomic mass is 79.9. The highest BCUT2D eigenvalue weighted by Crippen LogP contribution is 2.19. The van der Waals surface area contributed by atoms with Gasteiger partial charge in [0.25, 0.3) is 0 Å². The molecule has 0 saturated carbocycles. The summed E-state index contributed by atoms with van der Waals surface area (Å²) in [6.07, 6.45) is 0.380. The summed E-state index contributed by atoms with van der Waals surface area (Å²) in [4.78, 5) is 22.5. The van der Waals surface area contributed by atoms with Crippen molar-refractivity contribution in [3.63, 3.8) is 0 Å². The van der Waals surface area contributed by atoms with Crippen molar-refractivity contribution in [1.29, 1.82) is 0 Å². The summed E-state index contributed by atoms with van der Waals surface area (Å²) in [7, 11) is 0. The highest BCUT2D eigenvalue weighted by Gasteiger charge is 2.05. The summed E-state index contributed by atoms with van der Waals surface area (Å²) in [5.74, 6) is -0.361. The van der Waals surface area contributed by atoms with Gasteiger partial charge in [0.2, 0.25) is 11.8 Å². The number of nitrogens with one attached hydrogen (secondary N) is 2. The first-order chi connectivity index (χ1) is 8.02. The first kappa shape index (κ1) is 13.7. The number of halogens is 1. The lowest BCUT2D eigenvalue weighted by molar-refractivity contribution is -0.123. The second kappa shape index (κ2) is 6.39. The first-order valence-electron chi connectivity index (χ1n) is 5.35. The zero-order chi connectivity index (χ0) is 12.8. The maximum absolute atomic E-state index is 11.5. The monoisotopic (exact) mass is 298 g/mol. The van der Waals surface area contributed by atoms with Gasteiger partial charge in [0.05, 0.1) is 6.54 Å². The minimum absolute atomic E-state index is 0.00177. The van der Waals surface area contributed by atoms with Crippen molar-refractivity contribution >= 4 is 33.4 Å². The van der Waals surface area contributed by atoms with E-state index in [0.29, 0.717) is 6.42 Å². The summed E-state index contributed by atoms with van der Waals surface area (Å²) in [6.45, 7) is 3.69. The topological polar surface area (TPSA) is 58.2 Å². The van der Waals surface area contributed by atoms with Crippen LogP contribution in [0.15, 0.2) is 22.7 Å². The van der Waals surface area contributed by atoms with Gasteiger partial charge >= 0.3 is 0 Å². The molecule has 5 heteroatoms. The van der Waals surface area contributed by atoms with Crippen LogP contribution in [0.2, 0.25) is 0 Å². The molecule has 0 heterocycles. The Kier molecular flexibility index (Phi) is 5.15. The Balaban J connectivity index is 2.50. The van der Waals surface area contributed by atoms with Crippen LogP contribution >= 0.6 is 15.9 Å². The number of rotatable bonds is 4. The molecule has 0 spiro atoms. The number of benzene rings is 1. The zero-order valence-electron chi connectivity index (χ0n) is 9.84. The van der Waals surface area contributed by atoms with E-state index in [1.54, 1.807) is 13.0 Å². The van der Waals surface area contributed by atoms with E-state index >= 15 is 0 Å². The Morgan fingerprint density at radius 1 is 1.29 bits per heavy atom. The lowest BCUT2D eigenvalue weighted by Gasteiger charge is -2.07. The molecule has 0 fully saturated rings. The number of hydrogen-bond donors (Lipinski definition) is 2. The number of carbonyl (C=O) groups is 2. The van der Waals surface area contributed by atoms with Crippen molar-refractivity contribution in [2.24, 2.45) is 0 Å². The summed E-state index contributed by atoms with van der Waals surface area (Å²) in [6, 6.07) is 5.54. The van der Waals surface area contributed by atoms with Crippen LogP contribution in [-0.4, -0.2) is 18.4 Å². The molecule has 2 amide bonds. The number of amides is 2. The van der Waals surface area contributed by atoms with Gasteiger partial charge in [-0.2, -0.15) is 0 Å². The number of anilines is 1. The van der Waals surface area contributed by atoms with E-state index in [2.05, 4.69) is 26.6 Å². The summed E-state index contributed by atoms with van der Waals surface area (Å²) in [5.41, 5.74) is 1.77. The average molecular weight is 299 g/mol. The Morgan fingerprint density at radius 2 is 2.00 bits per heavy atom. The predicted octanol–water partition coefficient (Wildman–Crippen LogP) is 2.22. The van der Waals surface area contributed by atoms with Crippen molar-refractivity contribution in [1.82, 2.24) is 5.32 Å². The molecule has 1 aromatic rings. The second-order valence-electron chi connectivity index (χ2n) is 3.64. The summed E-state index contributed by atoms with van der Waals surface area (Å²) >= 11 is 3.39. The molecular weight excluding hydrogens is 284 g/mol. The Hall–Kier alpha value is -1.36. The van der Waals surface area contributed by atoms with Gasteiger partial charge in [-0.1, -0.05) is 22.9 Å². The molecule has 92 valence electrons. The molecule has 0 aliphatic heterocycles. The van der Waals surface area contributed by atoms with Crippen molar-refractivity contribution < 1.29 is 9.59 Å². The molecule has 0 aromatic heterocycles. The third-order valence-corrected chi connectivity index (χ3v) is 3.10. The van der Waals surface area contributed by atoms with Crippen LogP contribution in [0.1, 0.15) is 18.9 Å². The van der Waals surface area contributed by atoms with E-state index in [4.69, 9.17) is 0 Å². The van der Waals surface area contributed by atoms with E-state index in [0.717, 1.165) is 15.7 Å². The van der Waals surface area contributed by atoms with Crippen molar-refractivity contribution in [3.05, 3.63) is 28.2 Å². The van der Waals surface area contributed by atoms with Crippen LogP contribution in [0.3, 0.4) is 0 Å². The Bertz CT molecular complexity index is 433. The summed E-state index contributed by atoms with van der Waals surface area (Å²) in [5, 5.41) is 5.23. The largest absolute Gasteiger partial charge is 0.347 e. The molecule has 0 bridgehead atoms. The standard InChI is InChI=1S/C12H15BrN2O2/c1-3-11(16)14-7-12(17)15-9-4-5-10(13)8(2)6-9/h4-6H,3,7H2,1-2H3,(H,14,16)(H,15,17). The molecule has 0 aliphatic carbocycles. The molecule has 1 rings (SSSR count). The van der Waals surface area contributed by atoms with Gasteiger partial charge in [-0.25, -0.2) is 0 Å². The lowest BCUT2D eigenvalue weighted by Crippen LogP contribution is -2.32. The minimum atomic E-state index is -0.228. The third kappa shape index (κ3) is 4.56. The molecule has 0 saturated heterocycles. The van der Waals surface area contributed by atoms with E-state index in [1.165, 1.54) is 0 Å². The van der Waals surface area contributed by atoms with Crippen LogP contribution in [0.5, 0.6) is 0 Å². The number of aryl methyl sites for hydroxylation is 1. The van der Waals surface area contributed by atoms with Gasteiger partial charge in [-0.05, 0) is 30.7 Å². The van der Waals surface area contributed by atoms with Gasteiger partial charge in [0.15, 0.2) is 0 Å². The van der Waals surface area contributed by atoms with Gasteiger partial charge in [-0.3, -0.25) is 9.59 Å². The smallest absolute Gasteiger partial charge is 0.243 e. The zero-order valence-corrected chi connectivity index (χ0v) is 11.4. The van der Waals surface area contributed by atoms with Crippen LogP contribution in [-0.2, 0) is 9.59 Å². The fraction of sp³-hybridized carbons (Fsp3) is 0.333. The van der Waals surface area contributed by atoms with E-state index < -0.39 is 0 Å². The SMILES string of the molecule is CCC(=O)NCC(=O)Nc1ccc(Br)c(C)c1. The molecule has 0 unspecified atom stereocenters. The fourth-order valence-electron chi connectivity index (χ4n) is 1.23. The van der Waals surface area contributed by atoms with Crippen molar-refractivity contribution in [3.8, 4) is 0 Å². The van der Waals surface area contributed by atoms with E-state index in [-0.39, 0.29) is 18.4 Å². The van der Waals surface area contributed by atoms with Gasteiger partial charge in [0.1, 0.15) is 0 Å². The van der Waals surface area contributed by atoms with Crippen molar-refractivity contribution in [2.45, 2.75) is 20.3 Å². The first-order valence-corrected chi connectivity index (χ1v) is 6.15. The minimum Gasteiger partial charge on any atom is -0.347 e. The van der Waals surface area contributed by atoms with Crippen LogP contribution in [0, 0.1) is 6.92 Å². The van der Waals surface area contributed by atoms with Crippen LogP contribution in [0.4, 0.5) is 5.69 Å². The van der Waals surface area contributed by atoms with Crippen molar-refractivity contribution in [2.75, 3.05) is 11.9 Å². The van der Waals surface area contributed by atoms with Crippen LogP contribution < -0.4 is 10.6 Å². The maximum Gasteiger partial charge on any atom is 0.243 e. The predicted molar refractivity (Wildman–Crippen MR) is 70.8 cm³/mol. The molecule has 4 nitrogen and oxygen atoms in total. The average Bonchev–Trinajstić information content (AvgIpc) is 2.31. The van der Waals surface area contributed by atoms with Gasteiger partial charge in [0, 0.05) is 16.6 Å². The summed E-state index contributed by atoms with van der Waals surface area (Å²) < 4.78 is 0.995. The Morgan fingerprint density at radius 3 is 2.59 bits per heavy atom. The second-order valence-corrected chi connectivity index (χ2v) is 4.50. The highest BCUT2D eigenvalue weighted by molar-refractivity contribution is 9.10. The molecule has 0 radical (unpaired) electrons. The normalized spacial score (nSPS) is 9.82. The van der Waals surface area contributed by atoms with E-state index in [9.17, 15) is 9.59 Å². The Labute approximate surface area is 109 Å². The number of carbonyl (C=O) groups excluding carboxylic acids is 2. The van der Waals surface area contributed by atoms with Crippen LogP contribution in [0.25, 0.3) is 0 Å². The molecule has 1 aromatic carbocycles. The van der Waals surface area contributed by atoms with Gasteiger partial charge < -0.3 is 10.6 Å². The van der Waals surface area contributed by atoms with Gasteiger partial charge in [-0.15, -0.1) is 0 Å². The maximum atomic E-state index is 11.5. The third-order valence-electron chi connectivity index (χ3n) is 2.21. The van der Waals surface area contributed by atoms with E-state index in [1.807, 2.05) is 19.1 Å². The fourth-order valence-corrected chi connectivity index (χ4v) is 1.48. The quantitative estimate of drug-likeness (QED) is 0.895. The molecule has 17 heavy (non-hydrogen) atoms. The molecule has 0 atom stereocenters.